The third-order valence-electron chi connectivity index (χ3n) is 1.05. The van der Waals surface area contributed by atoms with E-state index in [9.17, 15) is 0 Å². The highest BCUT2D eigenvalue weighted by atomic mass is 16.3. The molecule has 4 heteroatoms. The number of benzene rings is 1. The molecule has 0 amide bonds. The first-order valence-electron chi connectivity index (χ1n) is 3.59. The van der Waals surface area contributed by atoms with Crippen LogP contribution >= 0.6 is 0 Å². The first-order valence-corrected chi connectivity index (χ1v) is 3.59. The van der Waals surface area contributed by atoms with Gasteiger partial charge in [-0.1, -0.05) is 12.1 Å². The molecule has 0 heterocycles. The van der Waals surface area contributed by atoms with Crippen LogP contribution in [0.5, 0.6) is 11.5 Å². The summed E-state index contributed by atoms with van der Waals surface area (Å²) < 4.78 is 0. The molecule has 0 saturated carbocycles. The van der Waals surface area contributed by atoms with E-state index in [0.29, 0.717) is 13.1 Å². The average molecular weight is 170 g/mol. The monoisotopic (exact) mass is 170 g/mol. The standard InChI is InChI=1S/C6H6O2.C2H8N2/c7-5-3-1-2-4-6(5)8;3-1-2-4/h1-4,7-8H;1-4H2. The quantitative estimate of drug-likeness (QED) is 0.446. The molecule has 0 atom stereocenters. The number of aromatic hydroxyl groups is 2. The van der Waals surface area contributed by atoms with Crippen molar-refractivity contribution in [2.24, 2.45) is 11.5 Å². The van der Waals surface area contributed by atoms with Gasteiger partial charge in [0.2, 0.25) is 0 Å². The Balaban J connectivity index is 0.000000261. The van der Waals surface area contributed by atoms with Crippen molar-refractivity contribution in [1.29, 1.82) is 0 Å². The molecule has 4 nitrogen and oxygen atoms in total. The number of para-hydroxylation sites is 2. The van der Waals surface area contributed by atoms with Gasteiger partial charge in [0.15, 0.2) is 11.5 Å². The summed E-state index contributed by atoms with van der Waals surface area (Å²) in [4.78, 5) is 0. The van der Waals surface area contributed by atoms with Gasteiger partial charge in [-0.15, -0.1) is 0 Å². The molecule has 12 heavy (non-hydrogen) atoms. The topological polar surface area (TPSA) is 92.5 Å². The molecule has 6 N–H and O–H groups in total. The number of hydrogen-bond donors (Lipinski definition) is 4. The largest absolute Gasteiger partial charge is 0.504 e. The summed E-state index contributed by atoms with van der Waals surface area (Å²) >= 11 is 0. The lowest BCUT2D eigenvalue weighted by Crippen LogP contribution is -2.11. The Bertz CT molecular complexity index is 193. The summed E-state index contributed by atoms with van der Waals surface area (Å²) in [6.45, 7) is 1.19. The van der Waals surface area contributed by atoms with Gasteiger partial charge in [0.1, 0.15) is 0 Å². The van der Waals surface area contributed by atoms with Gasteiger partial charge in [0.25, 0.3) is 0 Å². The fourth-order valence-corrected chi connectivity index (χ4v) is 0.464. The van der Waals surface area contributed by atoms with Crippen LogP contribution in [0, 0.1) is 0 Å². The van der Waals surface area contributed by atoms with Crippen molar-refractivity contribution < 1.29 is 10.2 Å². The molecular weight excluding hydrogens is 156 g/mol. The molecule has 0 aromatic heterocycles. The number of rotatable bonds is 1. The third kappa shape index (κ3) is 4.54. The van der Waals surface area contributed by atoms with Gasteiger partial charge in [-0.25, -0.2) is 0 Å². The Kier molecular flexibility index (Phi) is 5.77. The van der Waals surface area contributed by atoms with Crippen molar-refractivity contribution >= 4 is 0 Å². The van der Waals surface area contributed by atoms with E-state index in [1.165, 1.54) is 12.1 Å². The highest BCUT2D eigenvalue weighted by molar-refractivity contribution is 5.36. The zero-order valence-electron chi connectivity index (χ0n) is 6.77. The van der Waals surface area contributed by atoms with E-state index in [1.807, 2.05) is 0 Å². The predicted molar refractivity (Wildman–Crippen MR) is 47.9 cm³/mol. The van der Waals surface area contributed by atoms with Gasteiger partial charge in [0, 0.05) is 13.1 Å². The SMILES string of the molecule is NCCN.Oc1ccccc1O. The lowest BCUT2D eigenvalue weighted by molar-refractivity contribution is 0.404. The summed E-state index contributed by atoms with van der Waals surface area (Å²) in [6, 6.07) is 6.15. The number of nitrogens with two attached hydrogens (primary N) is 2. The van der Waals surface area contributed by atoms with Crippen molar-refractivity contribution in [3.63, 3.8) is 0 Å². The molecule has 1 aromatic carbocycles. The molecule has 0 bridgehead atoms. The Morgan fingerprint density at radius 1 is 0.917 bits per heavy atom. The van der Waals surface area contributed by atoms with E-state index in [4.69, 9.17) is 21.7 Å². The minimum atomic E-state index is -0.0764. The van der Waals surface area contributed by atoms with Crippen LogP contribution in [-0.4, -0.2) is 23.3 Å². The van der Waals surface area contributed by atoms with Crippen molar-refractivity contribution in [3.05, 3.63) is 24.3 Å². The van der Waals surface area contributed by atoms with Crippen LogP contribution < -0.4 is 11.5 Å². The van der Waals surface area contributed by atoms with Gasteiger partial charge in [-0.2, -0.15) is 0 Å². The van der Waals surface area contributed by atoms with Crippen LogP contribution in [0.4, 0.5) is 0 Å². The van der Waals surface area contributed by atoms with Crippen molar-refractivity contribution in [3.8, 4) is 11.5 Å². The van der Waals surface area contributed by atoms with Crippen molar-refractivity contribution in [1.82, 2.24) is 0 Å². The van der Waals surface area contributed by atoms with E-state index in [0.717, 1.165) is 0 Å². The maximum Gasteiger partial charge on any atom is 0.157 e. The zero-order chi connectivity index (χ0) is 9.40. The second-order valence-electron chi connectivity index (χ2n) is 2.07. The average Bonchev–Trinajstić information content (AvgIpc) is 2.11. The Morgan fingerprint density at radius 3 is 1.42 bits per heavy atom. The molecule has 0 fully saturated rings. The first kappa shape index (κ1) is 10.7. The number of phenols is 2. The number of phenolic OH excluding ortho intramolecular Hbond substituents is 2. The molecule has 0 aliphatic carbocycles. The van der Waals surface area contributed by atoms with E-state index in [1.54, 1.807) is 12.1 Å². The van der Waals surface area contributed by atoms with Crippen LogP contribution in [0.2, 0.25) is 0 Å². The second kappa shape index (κ2) is 6.45. The summed E-state index contributed by atoms with van der Waals surface area (Å²) in [5.74, 6) is -0.153. The molecule has 0 spiro atoms. The third-order valence-corrected chi connectivity index (χ3v) is 1.05. The van der Waals surface area contributed by atoms with Crippen LogP contribution in [-0.2, 0) is 0 Å². The molecule has 0 saturated heterocycles. The molecule has 0 radical (unpaired) electrons. The Morgan fingerprint density at radius 2 is 1.25 bits per heavy atom. The fraction of sp³-hybridized carbons (Fsp3) is 0.250. The summed E-state index contributed by atoms with van der Waals surface area (Å²) in [5, 5.41) is 17.3. The lowest BCUT2D eigenvalue weighted by atomic mass is 10.3. The zero-order valence-corrected chi connectivity index (χ0v) is 6.77. The van der Waals surface area contributed by atoms with Gasteiger partial charge in [0.05, 0.1) is 0 Å². The highest BCUT2D eigenvalue weighted by Gasteiger charge is 1.90. The second-order valence-corrected chi connectivity index (χ2v) is 2.07. The van der Waals surface area contributed by atoms with Crippen molar-refractivity contribution in [2.75, 3.05) is 13.1 Å². The van der Waals surface area contributed by atoms with Crippen LogP contribution in [0.25, 0.3) is 0 Å². The highest BCUT2D eigenvalue weighted by Crippen LogP contribution is 2.21. The minimum absolute atomic E-state index is 0.0764. The number of hydrogen-bond acceptors (Lipinski definition) is 4. The van der Waals surface area contributed by atoms with Gasteiger partial charge in [-0.3, -0.25) is 0 Å². The lowest BCUT2D eigenvalue weighted by Gasteiger charge is -1.91. The van der Waals surface area contributed by atoms with Crippen molar-refractivity contribution in [2.45, 2.75) is 0 Å². The molecular formula is C8H14N2O2. The Hall–Kier alpha value is -1.26. The molecule has 0 unspecified atom stereocenters. The van der Waals surface area contributed by atoms with E-state index in [-0.39, 0.29) is 11.5 Å². The van der Waals surface area contributed by atoms with Crippen LogP contribution in [0.15, 0.2) is 24.3 Å². The van der Waals surface area contributed by atoms with E-state index < -0.39 is 0 Å². The van der Waals surface area contributed by atoms with E-state index in [2.05, 4.69) is 0 Å². The maximum absolute atomic E-state index is 8.67. The van der Waals surface area contributed by atoms with E-state index >= 15 is 0 Å². The molecule has 1 rings (SSSR count). The predicted octanol–water partition coefficient (Wildman–Crippen LogP) is 0.00160. The summed E-state index contributed by atoms with van der Waals surface area (Å²) in [6.07, 6.45) is 0. The molecule has 0 aliphatic rings. The minimum Gasteiger partial charge on any atom is -0.504 e. The normalized spacial score (nSPS) is 8.50. The van der Waals surface area contributed by atoms with Gasteiger partial charge >= 0.3 is 0 Å². The van der Waals surface area contributed by atoms with Crippen LogP contribution in [0.1, 0.15) is 0 Å². The summed E-state index contributed by atoms with van der Waals surface area (Å²) in [5.41, 5.74) is 9.81. The van der Waals surface area contributed by atoms with Crippen LogP contribution in [0.3, 0.4) is 0 Å². The molecule has 0 aliphatic heterocycles. The Labute approximate surface area is 71.4 Å². The van der Waals surface area contributed by atoms with Gasteiger partial charge < -0.3 is 21.7 Å². The summed E-state index contributed by atoms with van der Waals surface area (Å²) in [7, 11) is 0. The fourth-order valence-electron chi connectivity index (χ4n) is 0.464. The first-order chi connectivity index (χ1) is 5.72. The molecule has 68 valence electrons. The molecule has 1 aromatic rings. The smallest absolute Gasteiger partial charge is 0.157 e. The van der Waals surface area contributed by atoms with Gasteiger partial charge in [-0.05, 0) is 12.1 Å². The maximum atomic E-state index is 8.67.